The Morgan fingerprint density at radius 1 is 1.46 bits per heavy atom. The monoisotopic (exact) mass is 178 g/mol. The Labute approximate surface area is 78.2 Å². The molecule has 0 amide bonds. The van der Waals surface area contributed by atoms with Gasteiger partial charge in [0.15, 0.2) is 0 Å². The van der Waals surface area contributed by atoms with Crippen molar-refractivity contribution >= 4 is 0 Å². The predicted octanol–water partition coefficient (Wildman–Crippen LogP) is 1.90. The van der Waals surface area contributed by atoms with E-state index in [4.69, 9.17) is 9.84 Å². The summed E-state index contributed by atoms with van der Waals surface area (Å²) >= 11 is 0. The lowest BCUT2D eigenvalue weighted by atomic mass is 10.2. The molecule has 1 N–H and O–H groups in total. The molecule has 2 rings (SSSR count). The van der Waals surface area contributed by atoms with Crippen molar-refractivity contribution in [2.45, 2.75) is 25.4 Å². The Morgan fingerprint density at radius 2 is 2.23 bits per heavy atom. The Hall–Kier alpha value is -1.02. The van der Waals surface area contributed by atoms with Crippen molar-refractivity contribution in [2.24, 2.45) is 0 Å². The molecule has 0 aliphatic heterocycles. The largest absolute Gasteiger partial charge is 0.485 e. The van der Waals surface area contributed by atoms with Gasteiger partial charge in [0.2, 0.25) is 0 Å². The van der Waals surface area contributed by atoms with Gasteiger partial charge in [-0.2, -0.15) is 0 Å². The van der Waals surface area contributed by atoms with E-state index in [2.05, 4.69) is 0 Å². The zero-order chi connectivity index (χ0) is 9.31. The number of hydrogen-bond acceptors (Lipinski definition) is 2. The molecular formula is C11H14O2. The average molecular weight is 178 g/mol. The number of aryl methyl sites for hydroxylation is 1. The molecule has 70 valence electrons. The standard InChI is InChI=1S/C11H14O2/c1-9-3-2-4-10(7-9)13-11(8-12)5-6-11/h2-4,7,12H,5-6,8H2,1H3. The molecule has 2 nitrogen and oxygen atoms in total. The minimum atomic E-state index is -0.256. The SMILES string of the molecule is Cc1cccc(OC2(CO)CC2)c1. The molecule has 0 radical (unpaired) electrons. The normalized spacial score (nSPS) is 18.3. The molecule has 1 saturated carbocycles. The number of aliphatic hydroxyl groups is 1. The zero-order valence-electron chi connectivity index (χ0n) is 7.79. The number of aliphatic hydroxyl groups excluding tert-OH is 1. The van der Waals surface area contributed by atoms with Crippen LogP contribution in [0, 0.1) is 6.92 Å². The van der Waals surface area contributed by atoms with Crippen LogP contribution in [-0.4, -0.2) is 17.3 Å². The van der Waals surface area contributed by atoms with Gasteiger partial charge in [-0.3, -0.25) is 0 Å². The zero-order valence-corrected chi connectivity index (χ0v) is 7.79. The lowest BCUT2D eigenvalue weighted by Gasteiger charge is -2.15. The molecule has 0 aromatic heterocycles. The van der Waals surface area contributed by atoms with E-state index in [0.717, 1.165) is 18.6 Å². The first-order valence-corrected chi connectivity index (χ1v) is 4.61. The Morgan fingerprint density at radius 3 is 2.77 bits per heavy atom. The van der Waals surface area contributed by atoms with E-state index >= 15 is 0 Å². The highest BCUT2D eigenvalue weighted by Crippen LogP contribution is 2.39. The van der Waals surface area contributed by atoms with Crippen LogP contribution < -0.4 is 4.74 Å². The van der Waals surface area contributed by atoms with E-state index in [-0.39, 0.29) is 12.2 Å². The lowest BCUT2D eigenvalue weighted by Crippen LogP contribution is -2.22. The summed E-state index contributed by atoms with van der Waals surface area (Å²) in [5, 5.41) is 9.06. The van der Waals surface area contributed by atoms with Gasteiger partial charge in [-0.05, 0) is 37.5 Å². The maximum absolute atomic E-state index is 9.06. The van der Waals surface area contributed by atoms with E-state index < -0.39 is 0 Å². The van der Waals surface area contributed by atoms with Crippen LogP contribution in [0.3, 0.4) is 0 Å². The minimum Gasteiger partial charge on any atom is -0.485 e. The van der Waals surface area contributed by atoms with Crippen LogP contribution in [0.1, 0.15) is 18.4 Å². The van der Waals surface area contributed by atoms with Crippen LogP contribution in [-0.2, 0) is 0 Å². The van der Waals surface area contributed by atoms with Gasteiger partial charge in [0.25, 0.3) is 0 Å². The molecule has 1 aliphatic rings. The molecule has 2 heteroatoms. The molecule has 0 bridgehead atoms. The fraction of sp³-hybridized carbons (Fsp3) is 0.455. The van der Waals surface area contributed by atoms with E-state index in [1.807, 2.05) is 31.2 Å². The molecule has 1 aliphatic carbocycles. The summed E-state index contributed by atoms with van der Waals surface area (Å²) in [5.41, 5.74) is 0.930. The number of ether oxygens (including phenoxy) is 1. The molecular weight excluding hydrogens is 164 g/mol. The first-order chi connectivity index (χ1) is 6.24. The second-order valence-corrected chi connectivity index (χ2v) is 3.76. The molecule has 0 saturated heterocycles. The van der Waals surface area contributed by atoms with Crippen molar-refractivity contribution in [2.75, 3.05) is 6.61 Å². The van der Waals surface area contributed by atoms with Crippen LogP contribution in [0.15, 0.2) is 24.3 Å². The Kier molecular flexibility index (Phi) is 2.00. The Bertz CT molecular complexity index is 303. The molecule has 1 aromatic rings. The first kappa shape index (κ1) is 8.57. The molecule has 1 aromatic carbocycles. The Balaban J connectivity index is 2.09. The quantitative estimate of drug-likeness (QED) is 0.766. The summed E-state index contributed by atoms with van der Waals surface area (Å²) in [7, 11) is 0. The fourth-order valence-electron chi connectivity index (χ4n) is 1.36. The van der Waals surface area contributed by atoms with Gasteiger partial charge in [0.05, 0.1) is 6.61 Å². The third-order valence-corrected chi connectivity index (χ3v) is 2.42. The summed E-state index contributed by atoms with van der Waals surface area (Å²) in [5.74, 6) is 0.867. The van der Waals surface area contributed by atoms with Crippen LogP contribution in [0.2, 0.25) is 0 Å². The second-order valence-electron chi connectivity index (χ2n) is 3.76. The van der Waals surface area contributed by atoms with Crippen molar-refractivity contribution in [3.63, 3.8) is 0 Å². The van der Waals surface area contributed by atoms with Crippen molar-refractivity contribution in [1.82, 2.24) is 0 Å². The molecule has 0 atom stereocenters. The summed E-state index contributed by atoms with van der Waals surface area (Å²) in [6, 6.07) is 7.93. The fourth-order valence-corrected chi connectivity index (χ4v) is 1.36. The first-order valence-electron chi connectivity index (χ1n) is 4.61. The molecule has 0 spiro atoms. The van der Waals surface area contributed by atoms with Crippen LogP contribution in [0.5, 0.6) is 5.75 Å². The summed E-state index contributed by atoms with van der Waals surface area (Å²) in [4.78, 5) is 0. The van der Waals surface area contributed by atoms with Gasteiger partial charge in [0.1, 0.15) is 11.4 Å². The van der Waals surface area contributed by atoms with Gasteiger partial charge in [-0.15, -0.1) is 0 Å². The van der Waals surface area contributed by atoms with Gasteiger partial charge in [-0.1, -0.05) is 12.1 Å². The topological polar surface area (TPSA) is 29.5 Å². The summed E-state index contributed by atoms with van der Waals surface area (Å²) < 4.78 is 5.69. The third-order valence-electron chi connectivity index (χ3n) is 2.42. The maximum atomic E-state index is 9.06. The van der Waals surface area contributed by atoms with E-state index in [0.29, 0.717) is 0 Å². The smallest absolute Gasteiger partial charge is 0.132 e. The van der Waals surface area contributed by atoms with Crippen molar-refractivity contribution in [1.29, 1.82) is 0 Å². The van der Waals surface area contributed by atoms with Crippen molar-refractivity contribution in [3.05, 3.63) is 29.8 Å². The third kappa shape index (κ3) is 1.83. The number of rotatable bonds is 3. The maximum Gasteiger partial charge on any atom is 0.132 e. The molecule has 1 fully saturated rings. The van der Waals surface area contributed by atoms with Crippen LogP contribution >= 0.6 is 0 Å². The minimum absolute atomic E-state index is 0.126. The highest BCUT2D eigenvalue weighted by atomic mass is 16.5. The van der Waals surface area contributed by atoms with Crippen molar-refractivity contribution in [3.8, 4) is 5.75 Å². The molecule has 0 heterocycles. The molecule has 0 unspecified atom stereocenters. The van der Waals surface area contributed by atoms with E-state index in [1.165, 1.54) is 5.56 Å². The van der Waals surface area contributed by atoms with E-state index in [9.17, 15) is 0 Å². The summed E-state index contributed by atoms with van der Waals surface area (Å²) in [6.45, 7) is 2.16. The highest BCUT2D eigenvalue weighted by Gasteiger charge is 2.44. The van der Waals surface area contributed by atoms with Crippen LogP contribution in [0.4, 0.5) is 0 Å². The highest BCUT2D eigenvalue weighted by molar-refractivity contribution is 5.28. The number of hydrogen-bond donors (Lipinski definition) is 1. The molecule has 13 heavy (non-hydrogen) atoms. The van der Waals surface area contributed by atoms with Gasteiger partial charge in [0, 0.05) is 0 Å². The summed E-state index contributed by atoms with van der Waals surface area (Å²) in [6.07, 6.45) is 1.94. The predicted molar refractivity (Wildman–Crippen MR) is 50.9 cm³/mol. The van der Waals surface area contributed by atoms with Gasteiger partial charge >= 0.3 is 0 Å². The number of benzene rings is 1. The van der Waals surface area contributed by atoms with E-state index in [1.54, 1.807) is 0 Å². The average Bonchev–Trinajstić information content (AvgIpc) is 2.86. The van der Waals surface area contributed by atoms with Gasteiger partial charge in [-0.25, -0.2) is 0 Å². The van der Waals surface area contributed by atoms with Crippen molar-refractivity contribution < 1.29 is 9.84 Å². The van der Waals surface area contributed by atoms with Crippen LogP contribution in [0.25, 0.3) is 0 Å². The van der Waals surface area contributed by atoms with Gasteiger partial charge < -0.3 is 9.84 Å². The lowest BCUT2D eigenvalue weighted by molar-refractivity contribution is 0.0953. The second kappa shape index (κ2) is 3.04.